The summed E-state index contributed by atoms with van der Waals surface area (Å²) in [5.74, 6) is 0.359. The minimum atomic E-state index is -3.59. The second-order valence-corrected chi connectivity index (χ2v) is 10.5. The van der Waals surface area contributed by atoms with Gasteiger partial charge in [-0.15, -0.1) is 0 Å². The van der Waals surface area contributed by atoms with Crippen LogP contribution in [-0.4, -0.2) is 8.42 Å². The van der Waals surface area contributed by atoms with E-state index in [0.717, 1.165) is 49.7 Å². The third kappa shape index (κ3) is 4.11. The minimum absolute atomic E-state index is 0.179. The number of hydrogen-bond acceptors (Lipinski definition) is 2. The van der Waals surface area contributed by atoms with Gasteiger partial charge in [0.1, 0.15) is 0 Å². The van der Waals surface area contributed by atoms with Crippen LogP contribution in [0.4, 0.5) is 0 Å². The Morgan fingerprint density at radius 2 is 1.10 bits per heavy atom. The van der Waals surface area contributed by atoms with E-state index in [0.29, 0.717) is 9.79 Å². The molecule has 2 aliphatic rings. The van der Waals surface area contributed by atoms with Crippen molar-refractivity contribution in [1.82, 2.24) is 0 Å². The lowest BCUT2D eigenvalue weighted by molar-refractivity contribution is 0.582. The molecule has 2 aromatic rings. The van der Waals surface area contributed by atoms with E-state index < -0.39 is 9.84 Å². The lowest BCUT2D eigenvalue weighted by Gasteiger charge is -2.24. The van der Waals surface area contributed by atoms with Crippen LogP contribution in [-0.2, 0) is 9.84 Å². The summed E-state index contributed by atoms with van der Waals surface area (Å²) in [4.78, 5) is 0.944. The fourth-order valence-corrected chi connectivity index (χ4v) is 6.71. The number of benzene rings is 2. The molecule has 4 rings (SSSR count). The van der Waals surface area contributed by atoms with Crippen LogP contribution in [0.2, 0.25) is 0 Å². The van der Waals surface area contributed by atoms with Crippen molar-refractivity contribution in [3.8, 4) is 0 Å². The summed E-state index contributed by atoms with van der Waals surface area (Å²) in [5.41, 5.74) is 4.60. The predicted octanol–water partition coefficient (Wildman–Crippen LogP) is 6.95. The van der Waals surface area contributed by atoms with Gasteiger partial charge in [0, 0.05) is 11.8 Å². The fourth-order valence-electron chi connectivity index (χ4n) is 4.89. The van der Waals surface area contributed by atoms with Crippen LogP contribution in [0.3, 0.4) is 0 Å². The maximum absolute atomic E-state index is 13.9. The summed E-state index contributed by atoms with van der Waals surface area (Å²) < 4.78 is 27.8. The molecule has 0 radical (unpaired) electrons. The van der Waals surface area contributed by atoms with Crippen molar-refractivity contribution in [2.45, 2.75) is 74.0 Å². The molecule has 0 saturated heterocycles. The quantitative estimate of drug-likeness (QED) is 0.515. The monoisotopic (exact) mass is 406 g/mol. The topological polar surface area (TPSA) is 34.1 Å². The highest BCUT2D eigenvalue weighted by atomic mass is 32.2. The summed E-state index contributed by atoms with van der Waals surface area (Å²) in [6.45, 7) is 4.30. The van der Waals surface area contributed by atoms with E-state index in [1.807, 2.05) is 36.4 Å². The Labute approximate surface area is 175 Å². The van der Waals surface area contributed by atoms with Gasteiger partial charge in [0.15, 0.2) is 0 Å². The molecule has 0 N–H and O–H groups in total. The Kier molecular flexibility index (Phi) is 5.78. The van der Waals surface area contributed by atoms with Gasteiger partial charge in [0.25, 0.3) is 0 Å². The van der Waals surface area contributed by atoms with Crippen LogP contribution in [0.25, 0.3) is 0 Å². The molecular formula is C26H30O2S. The lowest BCUT2D eigenvalue weighted by atomic mass is 9.86. The number of hydrogen-bond donors (Lipinski definition) is 0. The van der Waals surface area contributed by atoms with Crippen LogP contribution < -0.4 is 0 Å². The van der Waals surface area contributed by atoms with E-state index in [4.69, 9.17) is 0 Å². The Bertz CT molecular complexity index is 980. The van der Waals surface area contributed by atoms with Crippen molar-refractivity contribution >= 4 is 9.84 Å². The molecule has 0 saturated carbocycles. The van der Waals surface area contributed by atoms with E-state index in [2.05, 4.69) is 26.0 Å². The highest BCUT2D eigenvalue weighted by Gasteiger charge is 2.29. The third-order valence-corrected chi connectivity index (χ3v) is 8.26. The summed E-state index contributed by atoms with van der Waals surface area (Å²) in [6, 6.07) is 15.2. The van der Waals surface area contributed by atoms with Gasteiger partial charge in [-0.2, -0.15) is 0 Å². The molecular weight excluding hydrogens is 376 g/mol. The van der Waals surface area contributed by atoms with Crippen LogP contribution in [0.1, 0.15) is 75.3 Å². The third-order valence-electron chi connectivity index (χ3n) is 6.36. The maximum atomic E-state index is 13.9. The van der Waals surface area contributed by atoms with Gasteiger partial charge >= 0.3 is 0 Å². The van der Waals surface area contributed by atoms with E-state index in [1.54, 1.807) is 12.1 Å². The predicted molar refractivity (Wildman–Crippen MR) is 119 cm³/mol. The lowest BCUT2D eigenvalue weighted by Crippen LogP contribution is -2.13. The van der Waals surface area contributed by atoms with Gasteiger partial charge < -0.3 is 0 Å². The van der Waals surface area contributed by atoms with E-state index >= 15 is 0 Å². The summed E-state index contributed by atoms with van der Waals surface area (Å²) in [6.07, 6.45) is 11.0. The molecule has 29 heavy (non-hydrogen) atoms. The van der Waals surface area contributed by atoms with Gasteiger partial charge in [-0.05, 0) is 75.6 Å². The summed E-state index contributed by atoms with van der Waals surface area (Å²) >= 11 is 0. The maximum Gasteiger partial charge on any atom is 0.207 e. The number of allylic oxidation sites excluding steroid dienone is 4. The standard InChI is InChI=1S/C26H30O2S/c1-19-9-7-11-21(17-19)23-13-3-5-15-25(23)29(27,28)26-16-6-4-14-24(26)22-12-8-10-20(2)18-22/h3-6,13-18,21-22H,7-12H2,1-2H3. The fraction of sp³-hybridized carbons (Fsp3) is 0.385. The zero-order valence-corrected chi connectivity index (χ0v) is 18.2. The smallest absolute Gasteiger partial charge is 0.207 e. The molecule has 0 bridgehead atoms. The Balaban J connectivity index is 1.82. The molecule has 152 valence electrons. The normalized spacial score (nSPS) is 22.7. The molecule has 0 heterocycles. The molecule has 0 amide bonds. The van der Waals surface area contributed by atoms with Crippen LogP contribution in [0.15, 0.2) is 81.6 Å². The first-order valence-electron chi connectivity index (χ1n) is 10.7. The van der Waals surface area contributed by atoms with Crippen molar-refractivity contribution in [3.63, 3.8) is 0 Å². The van der Waals surface area contributed by atoms with E-state index in [1.165, 1.54) is 11.1 Å². The van der Waals surface area contributed by atoms with Crippen molar-refractivity contribution in [2.75, 3.05) is 0 Å². The molecule has 2 atom stereocenters. The van der Waals surface area contributed by atoms with Crippen LogP contribution >= 0.6 is 0 Å². The first kappa shape index (κ1) is 20.2. The first-order chi connectivity index (χ1) is 14.0. The van der Waals surface area contributed by atoms with Gasteiger partial charge in [-0.25, -0.2) is 8.42 Å². The molecule has 0 aromatic heterocycles. The number of rotatable bonds is 4. The average molecular weight is 407 g/mol. The van der Waals surface area contributed by atoms with Crippen molar-refractivity contribution < 1.29 is 8.42 Å². The van der Waals surface area contributed by atoms with Crippen molar-refractivity contribution in [3.05, 3.63) is 83.0 Å². The van der Waals surface area contributed by atoms with Gasteiger partial charge in [0.2, 0.25) is 9.84 Å². The van der Waals surface area contributed by atoms with Crippen LogP contribution in [0.5, 0.6) is 0 Å². The Morgan fingerprint density at radius 1 is 0.690 bits per heavy atom. The zero-order valence-electron chi connectivity index (χ0n) is 17.4. The second kappa shape index (κ2) is 8.31. The molecule has 0 aliphatic heterocycles. The molecule has 2 aliphatic carbocycles. The zero-order chi connectivity index (χ0) is 20.4. The highest BCUT2D eigenvalue weighted by Crippen LogP contribution is 2.39. The Hall–Kier alpha value is -2.13. The first-order valence-corrected chi connectivity index (χ1v) is 12.2. The van der Waals surface area contributed by atoms with Crippen molar-refractivity contribution in [1.29, 1.82) is 0 Å². The van der Waals surface area contributed by atoms with Gasteiger partial charge in [-0.1, -0.05) is 59.7 Å². The van der Waals surface area contributed by atoms with Crippen LogP contribution in [0, 0.1) is 0 Å². The SMILES string of the molecule is CC1=CC(c2ccccc2S(=O)(=O)c2ccccc2C2C=C(C)CCC2)CCC1. The highest BCUT2D eigenvalue weighted by molar-refractivity contribution is 7.91. The molecule has 0 spiro atoms. The minimum Gasteiger partial charge on any atom is -0.218 e. The second-order valence-electron chi connectivity index (χ2n) is 8.60. The molecule has 0 fully saturated rings. The molecule has 2 unspecified atom stereocenters. The van der Waals surface area contributed by atoms with E-state index in [9.17, 15) is 8.42 Å². The Morgan fingerprint density at radius 3 is 1.52 bits per heavy atom. The number of sulfone groups is 1. The largest absolute Gasteiger partial charge is 0.218 e. The molecule has 3 heteroatoms. The summed E-state index contributed by atoms with van der Waals surface area (Å²) in [7, 11) is -3.59. The van der Waals surface area contributed by atoms with Crippen molar-refractivity contribution in [2.24, 2.45) is 0 Å². The summed E-state index contributed by atoms with van der Waals surface area (Å²) in [5, 5.41) is 0. The average Bonchev–Trinajstić information content (AvgIpc) is 2.74. The molecule has 2 nitrogen and oxygen atoms in total. The van der Waals surface area contributed by atoms with E-state index in [-0.39, 0.29) is 11.8 Å². The van der Waals surface area contributed by atoms with Gasteiger partial charge in [-0.3, -0.25) is 0 Å². The molecule has 2 aromatic carbocycles. The van der Waals surface area contributed by atoms with Gasteiger partial charge in [0.05, 0.1) is 9.79 Å².